The average molecular weight is 296 g/mol. The smallest absolute Gasteiger partial charge is 0.268 e. The number of hydrogen-bond acceptors (Lipinski definition) is 2. The first-order valence-corrected chi connectivity index (χ1v) is 5.51. The molecule has 96 valence electrons. The molecule has 1 aromatic heterocycles. The number of nitrogens with zero attached hydrogens (tertiary/aromatic N) is 3. The zero-order valence-electron chi connectivity index (χ0n) is 8.96. The lowest BCUT2D eigenvalue weighted by atomic mass is 10.2. The molecule has 0 saturated heterocycles. The molecule has 0 amide bonds. The predicted molar refractivity (Wildman–Crippen MR) is 61.1 cm³/mol. The van der Waals surface area contributed by atoms with Crippen molar-refractivity contribution in [3.05, 3.63) is 39.9 Å². The van der Waals surface area contributed by atoms with Crippen LogP contribution in [0.5, 0.6) is 0 Å². The molecule has 0 fully saturated rings. The van der Waals surface area contributed by atoms with Crippen LogP contribution >= 0.6 is 23.2 Å². The average Bonchev–Trinajstić information content (AvgIpc) is 2.58. The van der Waals surface area contributed by atoms with Gasteiger partial charge in [0.15, 0.2) is 0 Å². The molecule has 0 saturated carbocycles. The molecule has 0 radical (unpaired) electrons. The van der Waals surface area contributed by atoms with Crippen molar-refractivity contribution in [2.24, 2.45) is 0 Å². The Morgan fingerprint density at radius 1 is 1.17 bits per heavy atom. The van der Waals surface area contributed by atoms with Crippen molar-refractivity contribution >= 4 is 23.2 Å². The van der Waals surface area contributed by atoms with Gasteiger partial charge in [0, 0.05) is 0 Å². The molecule has 2 aromatic rings. The zero-order valence-corrected chi connectivity index (χ0v) is 10.5. The van der Waals surface area contributed by atoms with Crippen molar-refractivity contribution in [2.75, 3.05) is 0 Å². The van der Waals surface area contributed by atoms with Crippen LogP contribution in [-0.2, 0) is 6.18 Å². The predicted octanol–water partition coefficient (Wildman–Crippen LogP) is 3.90. The number of aryl methyl sites for hydroxylation is 1. The van der Waals surface area contributed by atoms with E-state index in [1.54, 1.807) is 6.92 Å². The van der Waals surface area contributed by atoms with E-state index in [1.165, 1.54) is 10.6 Å². The maximum Gasteiger partial charge on any atom is 0.416 e. The fourth-order valence-corrected chi connectivity index (χ4v) is 1.99. The highest BCUT2D eigenvalue weighted by atomic mass is 35.5. The summed E-state index contributed by atoms with van der Waals surface area (Å²) in [6, 6.07) is 3.00. The van der Waals surface area contributed by atoms with Crippen molar-refractivity contribution in [1.29, 1.82) is 0 Å². The lowest BCUT2D eigenvalue weighted by Gasteiger charge is -2.11. The van der Waals surface area contributed by atoms with Crippen LogP contribution in [0.3, 0.4) is 0 Å². The Morgan fingerprint density at radius 2 is 1.83 bits per heavy atom. The van der Waals surface area contributed by atoms with Crippen LogP contribution < -0.4 is 0 Å². The van der Waals surface area contributed by atoms with Crippen LogP contribution in [0.4, 0.5) is 13.2 Å². The third kappa shape index (κ3) is 2.30. The number of halogens is 5. The van der Waals surface area contributed by atoms with Gasteiger partial charge in [0.25, 0.3) is 0 Å². The first-order valence-electron chi connectivity index (χ1n) is 4.75. The number of hydrogen-bond donors (Lipinski definition) is 0. The van der Waals surface area contributed by atoms with Gasteiger partial charge in [-0.05, 0) is 36.7 Å². The molecule has 18 heavy (non-hydrogen) atoms. The monoisotopic (exact) mass is 295 g/mol. The second-order valence-corrected chi connectivity index (χ2v) is 4.26. The van der Waals surface area contributed by atoms with Gasteiger partial charge in [-0.25, -0.2) is 0 Å². The summed E-state index contributed by atoms with van der Waals surface area (Å²) in [6.45, 7) is 1.62. The molecule has 1 aromatic carbocycles. The van der Waals surface area contributed by atoms with Gasteiger partial charge in [-0.2, -0.15) is 13.2 Å². The molecule has 0 spiro atoms. The second kappa shape index (κ2) is 4.44. The number of aromatic nitrogens is 3. The normalized spacial score (nSPS) is 11.9. The van der Waals surface area contributed by atoms with E-state index in [9.17, 15) is 13.2 Å². The van der Waals surface area contributed by atoms with Gasteiger partial charge >= 0.3 is 6.18 Å². The van der Waals surface area contributed by atoms with Crippen molar-refractivity contribution in [3.63, 3.8) is 0 Å². The number of benzene rings is 1. The summed E-state index contributed by atoms with van der Waals surface area (Å²) in [6.07, 6.45) is -4.44. The summed E-state index contributed by atoms with van der Waals surface area (Å²) in [5.41, 5.74) is -0.518. The molecule has 1 heterocycles. The summed E-state index contributed by atoms with van der Waals surface area (Å²) in [5.74, 6) is 0.432. The summed E-state index contributed by atoms with van der Waals surface area (Å²) in [7, 11) is 0. The third-order valence-corrected chi connectivity index (χ3v) is 2.85. The highest BCUT2D eigenvalue weighted by Gasteiger charge is 2.31. The molecule has 3 nitrogen and oxygen atoms in total. The summed E-state index contributed by atoms with van der Waals surface area (Å²) in [5, 5.41) is 7.27. The van der Waals surface area contributed by atoms with Gasteiger partial charge in [-0.15, -0.1) is 10.2 Å². The van der Waals surface area contributed by atoms with E-state index in [0.29, 0.717) is 11.5 Å². The summed E-state index contributed by atoms with van der Waals surface area (Å²) >= 11 is 11.6. The summed E-state index contributed by atoms with van der Waals surface area (Å²) < 4.78 is 38.8. The lowest BCUT2D eigenvalue weighted by molar-refractivity contribution is -0.137. The van der Waals surface area contributed by atoms with Gasteiger partial charge in [0.05, 0.1) is 16.3 Å². The SMILES string of the molecule is Cc1nnc(Cl)n1-c1ccc(C(F)(F)F)cc1Cl. The van der Waals surface area contributed by atoms with Crippen LogP contribution in [0.2, 0.25) is 10.3 Å². The van der Waals surface area contributed by atoms with Gasteiger partial charge < -0.3 is 0 Å². The van der Waals surface area contributed by atoms with E-state index in [4.69, 9.17) is 23.2 Å². The molecular formula is C10H6Cl2F3N3. The standard InChI is InChI=1S/C10H6Cl2F3N3/c1-5-16-17-9(12)18(5)8-3-2-6(4-7(8)11)10(13,14)15/h2-4H,1H3. The van der Waals surface area contributed by atoms with Crippen LogP contribution in [0.25, 0.3) is 5.69 Å². The highest BCUT2D eigenvalue weighted by Crippen LogP contribution is 2.34. The van der Waals surface area contributed by atoms with Crippen molar-refractivity contribution in [3.8, 4) is 5.69 Å². The Labute approximate surface area is 110 Å². The fourth-order valence-electron chi connectivity index (χ4n) is 1.47. The minimum Gasteiger partial charge on any atom is -0.268 e. The van der Waals surface area contributed by atoms with Crippen molar-refractivity contribution in [2.45, 2.75) is 13.1 Å². The fraction of sp³-hybridized carbons (Fsp3) is 0.200. The molecule has 0 aliphatic carbocycles. The van der Waals surface area contributed by atoms with E-state index < -0.39 is 11.7 Å². The Kier molecular flexibility index (Phi) is 3.25. The topological polar surface area (TPSA) is 30.7 Å². The second-order valence-electron chi connectivity index (χ2n) is 3.52. The van der Waals surface area contributed by atoms with Gasteiger partial charge in [0.1, 0.15) is 5.82 Å². The first-order chi connectivity index (χ1) is 8.30. The molecule has 0 aliphatic heterocycles. The van der Waals surface area contributed by atoms with Crippen LogP contribution in [-0.4, -0.2) is 14.8 Å². The zero-order chi connectivity index (χ0) is 13.5. The first kappa shape index (κ1) is 13.2. The maximum atomic E-state index is 12.5. The lowest BCUT2D eigenvalue weighted by Crippen LogP contribution is -2.06. The van der Waals surface area contributed by atoms with Crippen molar-refractivity contribution < 1.29 is 13.2 Å². The highest BCUT2D eigenvalue weighted by molar-refractivity contribution is 6.33. The molecule has 2 rings (SSSR count). The third-order valence-electron chi connectivity index (χ3n) is 2.30. The van der Waals surface area contributed by atoms with E-state index in [0.717, 1.165) is 12.1 Å². The molecule has 8 heteroatoms. The van der Waals surface area contributed by atoms with Crippen LogP contribution in [0.1, 0.15) is 11.4 Å². The van der Waals surface area contributed by atoms with Gasteiger partial charge in [-0.3, -0.25) is 4.57 Å². The minimum atomic E-state index is -4.44. The Hall–Kier alpha value is -1.27. The quantitative estimate of drug-likeness (QED) is 0.799. The van der Waals surface area contributed by atoms with E-state index in [-0.39, 0.29) is 10.3 Å². The summed E-state index contributed by atoms with van der Waals surface area (Å²) in [4.78, 5) is 0. The Balaban J connectivity index is 2.55. The van der Waals surface area contributed by atoms with Gasteiger partial charge in [-0.1, -0.05) is 11.6 Å². The van der Waals surface area contributed by atoms with Crippen molar-refractivity contribution in [1.82, 2.24) is 14.8 Å². The molecule has 0 bridgehead atoms. The van der Waals surface area contributed by atoms with Gasteiger partial charge in [0.2, 0.25) is 5.28 Å². The Morgan fingerprint density at radius 3 is 2.28 bits per heavy atom. The molecule has 0 unspecified atom stereocenters. The molecular weight excluding hydrogens is 290 g/mol. The van der Waals surface area contributed by atoms with Crippen LogP contribution in [0.15, 0.2) is 18.2 Å². The maximum absolute atomic E-state index is 12.5. The minimum absolute atomic E-state index is 0.0363. The molecule has 0 N–H and O–H groups in total. The van der Waals surface area contributed by atoms with E-state index >= 15 is 0 Å². The molecule has 0 atom stereocenters. The van der Waals surface area contributed by atoms with E-state index in [1.807, 2.05) is 0 Å². The number of alkyl halides is 3. The largest absolute Gasteiger partial charge is 0.416 e. The van der Waals surface area contributed by atoms with Crippen LogP contribution in [0, 0.1) is 6.92 Å². The van der Waals surface area contributed by atoms with E-state index in [2.05, 4.69) is 10.2 Å². The Bertz CT molecular complexity index is 573. The number of rotatable bonds is 1. The molecule has 0 aliphatic rings.